The van der Waals surface area contributed by atoms with E-state index >= 15 is 0 Å². The van der Waals surface area contributed by atoms with Crippen LogP contribution in [0, 0.1) is 17.8 Å². The molecule has 0 radical (unpaired) electrons. The van der Waals surface area contributed by atoms with E-state index in [1.165, 1.54) is 19.3 Å². The third-order valence-electron chi connectivity index (χ3n) is 6.55. The van der Waals surface area contributed by atoms with E-state index in [2.05, 4.69) is 16.0 Å². The fraction of sp³-hybridized carbons (Fsp3) is 0.619. The molecule has 4 fully saturated rings. The van der Waals surface area contributed by atoms with Crippen LogP contribution in [-0.2, 0) is 4.79 Å². The largest absolute Gasteiger partial charge is 0.374 e. The highest BCUT2D eigenvalue weighted by molar-refractivity contribution is 5.95. The van der Waals surface area contributed by atoms with E-state index in [0.717, 1.165) is 42.7 Å². The second kappa shape index (κ2) is 6.60. The zero-order valence-corrected chi connectivity index (χ0v) is 15.7. The quantitative estimate of drug-likeness (QED) is 0.760. The van der Waals surface area contributed by atoms with Crippen molar-refractivity contribution in [3.05, 3.63) is 29.8 Å². The molecule has 5 nitrogen and oxygen atoms in total. The topological polar surface area (TPSA) is 70.2 Å². The number of rotatable bonds is 5. The van der Waals surface area contributed by atoms with Crippen molar-refractivity contribution < 1.29 is 9.59 Å². The lowest BCUT2D eigenvalue weighted by molar-refractivity contribution is -0.127. The molecule has 4 bridgehead atoms. The Balaban J connectivity index is 1.40. The second-order valence-electron chi connectivity index (χ2n) is 8.71. The van der Waals surface area contributed by atoms with E-state index in [-0.39, 0.29) is 23.4 Å². The number of hydrogen-bond acceptors (Lipinski definition) is 3. The molecule has 4 aliphatic rings. The van der Waals surface area contributed by atoms with Crippen LogP contribution in [0.15, 0.2) is 24.3 Å². The first-order valence-corrected chi connectivity index (χ1v) is 9.87. The average molecular weight is 355 g/mol. The maximum Gasteiger partial charge on any atom is 0.251 e. The van der Waals surface area contributed by atoms with Crippen LogP contribution in [0.3, 0.4) is 0 Å². The van der Waals surface area contributed by atoms with E-state index in [0.29, 0.717) is 5.56 Å². The summed E-state index contributed by atoms with van der Waals surface area (Å²) in [5, 5.41) is 9.29. The summed E-state index contributed by atoms with van der Waals surface area (Å²) >= 11 is 0. The molecule has 5 heteroatoms. The van der Waals surface area contributed by atoms with Crippen molar-refractivity contribution in [2.24, 2.45) is 17.8 Å². The molecule has 0 unspecified atom stereocenters. The molecule has 3 N–H and O–H groups in total. The predicted octanol–water partition coefficient (Wildman–Crippen LogP) is 2.93. The summed E-state index contributed by atoms with van der Waals surface area (Å²) in [5.74, 6) is 2.38. The fourth-order valence-corrected chi connectivity index (χ4v) is 5.84. The van der Waals surface area contributed by atoms with E-state index in [1.54, 1.807) is 19.2 Å². The Morgan fingerprint density at radius 2 is 1.69 bits per heavy atom. The van der Waals surface area contributed by atoms with Gasteiger partial charge in [-0.1, -0.05) is 6.07 Å². The molecule has 1 atom stereocenters. The fourth-order valence-electron chi connectivity index (χ4n) is 5.84. The van der Waals surface area contributed by atoms with Gasteiger partial charge in [0, 0.05) is 23.8 Å². The summed E-state index contributed by atoms with van der Waals surface area (Å²) in [7, 11) is 1.62. The maximum atomic E-state index is 12.9. The maximum absolute atomic E-state index is 12.9. The van der Waals surface area contributed by atoms with Gasteiger partial charge in [-0.3, -0.25) is 9.59 Å². The Labute approximate surface area is 155 Å². The molecule has 4 aliphatic carbocycles. The van der Waals surface area contributed by atoms with Crippen LogP contribution >= 0.6 is 0 Å². The normalized spacial score (nSPS) is 32.8. The third kappa shape index (κ3) is 3.31. The van der Waals surface area contributed by atoms with Crippen molar-refractivity contribution in [1.82, 2.24) is 10.6 Å². The Hall–Kier alpha value is -2.04. The van der Waals surface area contributed by atoms with Crippen molar-refractivity contribution >= 4 is 17.5 Å². The first-order chi connectivity index (χ1) is 12.5. The number of carbonyl (C=O) groups excluding carboxylic acids is 2. The van der Waals surface area contributed by atoms with Crippen molar-refractivity contribution in [2.75, 3.05) is 12.4 Å². The number of hydrogen-bond donors (Lipinski definition) is 3. The molecular formula is C21H29N3O2. The van der Waals surface area contributed by atoms with Crippen molar-refractivity contribution in [1.29, 1.82) is 0 Å². The molecular weight excluding hydrogens is 326 g/mol. The molecule has 0 aromatic heterocycles. The second-order valence-corrected chi connectivity index (χ2v) is 8.71. The average Bonchev–Trinajstić information content (AvgIpc) is 2.59. The molecule has 2 amide bonds. The molecule has 26 heavy (non-hydrogen) atoms. The van der Waals surface area contributed by atoms with E-state index in [4.69, 9.17) is 0 Å². The van der Waals surface area contributed by atoms with Gasteiger partial charge in [0.05, 0.1) is 0 Å². The van der Waals surface area contributed by atoms with Crippen LogP contribution in [0.5, 0.6) is 0 Å². The van der Waals surface area contributed by atoms with Gasteiger partial charge in [-0.2, -0.15) is 0 Å². The lowest BCUT2D eigenvalue weighted by atomic mass is 9.53. The number of anilines is 1. The van der Waals surface area contributed by atoms with Gasteiger partial charge >= 0.3 is 0 Å². The first-order valence-electron chi connectivity index (χ1n) is 9.87. The minimum atomic E-state index is -0.331. The van der Waals surface area contributed by atoms with Gasteiger partial charge in [0.15, 0.2) is 0 Å². The zero-order chi connectivity index (χ0) is 18.3. The molecule has 1 aromatic carbocycles. The molecule has 4 saturated carbocycles. The van der Waals surface area contributed by atoms with E-state index in [9.17, 15) is 9.59 Å². The number of nitrogens with one attached hydrogen (secondary N) is 3. The molecule has 5 rings (SSSR count). The van der Waals surface area contributed by atoms with Crippen LogP contribution < -0.4 is 16.0 Å². The van der Waals surface area contributed by atoms with Crippen LogP contribution in [0.25, 0.3) is 0 Å². The van der Waals surface area contributed by atoms with Gasteiger partial charge in [-0.25, -0.2) is 0 Å². The highest BCUT2D eigenvalue weighted by Gasteiger charge is 2.51. The lowest BCUT2D eigenvalue weighted by Crippen LogP contribution is -2.61. The van der Waals surface area contributed by atoms with Gasteiger partial charge in [0.1, 0.15) is 6.04 Å². The number of amides is 2. The van der Waals surface area contributed by atoms with Gasteiger partial charge in [0.2, 0.25) is 5.91 Å². The molecule has 0 spiro atoms. The van der Waals surface area contributed by atoms with E-state index in [1.807, 2.05) is 19.1 Å². The predicted molar refractivity (Wildman–Crippen MR) is 102 cm³/mol. The number of carbonyl (C=O) groups is 2. The highest BCUT2D eigenvalue weighted by Crippen LogP contribution is 2.55. The smallest absolute Gasteiger partial charge is 0.251 e. The molecule has 0 saturated heterocycles. The van der Waals surface area contributed by atoms with Crippen LogP contribution in [-0.4, -0.2) is 30.4 Å². The minimum Gasteiger partial charge on any atom is -0.374 e. The Bertz CT molecular complexity index is 680. The van der Waals surface area contributed by atoms with Crippen LogP contribution in [0.2, 0.25) is 0 Å². The van der Waals surface area contributed by atoms with Crippen LogP contribution in [0.1, 0.15) is 55.8 Å². The summed E-state index contributed by atoms with van der Waals surface area (Å²) in [6, 6.07) is 6.94. The number of benzene rings is 1. The molecule has 140 valence electrons. The lowest BCUT2D eigenvalue weighted by Gasteiger charge is -2.57. The Morgan fingerprint density at radius 1 is 1.08 bits per heavy atom. The Morgan fingerprint density at radius 3 is 2.27 bits per heavy atom. The van der Waals surface area contributed by atoms with Gasteiger partial charge in [-0.15, -0.1) is 0 Å². The monoisotopic (exact) mass is 355 g/mol. The standard InChI is InChI=1S/C21H29N3O2/c1-13(23-18-5-3-4-17(9-18)20(26)22-2)19(25)24-21-10-14-6-15(11-21)8-16(7-14)12-21/h3-5,9,13-16,23H,6-8,10-12H2,1-2H3,(H,22,26)(H,24,25)/t13-,14?,15?,16?,21?/m0/s1. The summed E-state index contributed by atoms with van der Waals surface area (Å²) in [4.78, 5) is 24.6. The summed E-state index contributed by atoms with van der Waals surface area (Å²) in [6.45, 7) is 1.89. The van der Waals surface area contributed by atoms with Crippen molar-refractivity contribution in [2.45, 2.75) is 57.0 Å². The van der Waals surface area contributed by atoms with E-state index < -0.39 is 0 Å². The summed E-state index contributed by atoms with van der Waals surface area (Å²) in [6.07, 6.45) is 7.58. The third-order valence-corrected chi connectivity index (χ3v) is 6.55. The van der Waals surface area contributed by atoms with Crippen molar-refractivity contribution in [3.63, 3.8) is 0 Å². The highest BCUT2D eigenvalue weighted by atomic mass is 16.2. The Kier molecular flexibility index (Phi) is 4.41. The molecule has 0 aliphatic heterocycles. The van der Waals surface area contributed by atoms with Gasteiger partial charge in [-0.05, 0) is 81.4 Å². The summed E-state index contributed by atoms with van der Waals surface area (Å²) < 4.78 is 0. The molecule has 1 aromatic rings. The summed E-state index contributed by atoms with van der Waals surface area (Å²) in [5.41, 5.74) is 1.41. The molecule has 0 heterocycles. The van der Waals surface area contributed by atoms with Gasteiger partial charge < -0.3 is 16.0 Å². The first kappa shape index (κ1) is 17.4. The zero-order valence-electron chi connectivity index (χ0n) is 15.7. The minimum absolute atomic E-state index is 0.0335. The van der Waals surface area contributed by atoms with Gasteiger partial charge in [0.25, 0.3) is 5.91 Å². The van der Waals surface area contributed by atoms with Crippen LogP contribution in [0.4, 0.5) is 5.69 Å². The SMILES string of the molecule is CNC(=O)c1cccc(N[C@@H](C)C(=O)NC23CC4CC(CC(C4)C2)C3)c1. The van der Waals surface area contributed by atoms with Crippen molar-refractivity contribution in [3.8, 4) is 0 Å².